The maximum absolute atomic E-state index is 12.3. The molecule has 10 heteroatoms. The molecule has 0 atom stereocenters. The maximum Gasteiger partial charge on any atom is 0.320 e. The Morgan fingerprint density at radius 3 is 2.82 bits per heavy atom. The minimum atomic E-state index is -0.299. The van der Waals surface area contributed by atoms with Gasteiger partial charge in [0, 0.05) is 25.2 Å². The van der Waals surface area contributed by atoms with Gasteiger partial charge < -0.3 is 19.9 Å². The van der Waals surface area contributed by atoms with Gasteiger partial charge >= 0.3 is 6.03 Å². The molecule has 0 saturated carbocycles. The molecular formula is C24H30N6O4. The van der Waals surface area contributed by atoms with Crippen LogP contribution in [0, 0.1) is 0 Å². The first-order chi connectivity index (χ1) is 16.6. The molecule has 2 amide bonds. The van der Waals surface area contributed by atoms with Gasteiger partial charge in [-0.25, -0.2) is 14.8 Å². The van der Waals surface area contributed by atoms with Crippen LogP contribution in [0.4, 0.5) is 10.6 Å². The van der Waals surface area contributed by atoms with Crippen molar-refractivity contribution < 1.29 is 19.4 Å². The highest BCUT2D eigenvalue weighted by atomic mass is 16.5. The van der Waals surface area contributed by atoms with Crippen molar-refractivity contribution >= 4 is 23.0 Å². The first-order valence-corrected chi connectivity index (χ1v) is 11.5. The standard InChI is InChI=1S/C24H30N6O4/c1-33-21-15-17(5-7-20(21)31)19-16-26-18-6-8-22(28-23(18)27-19)29-24(32)25-9-3-2-4-10-30-11-13-34-14-12-30/h5-8,15-16,31H,2-4,9-14H2,1H3,(H2,25,27,28,29,32). The molecule has 0 aliphatic carbocycles. The third-order valence-electron chi connectivity index (χ3n) is 5.66. The van der Waals surface area contributed by atoms with Crippen LogP contribution in [0.15, 0.2) is 36.5 Å². The molecular weight excluding hydrogens is 436 g/mol. The molecule has 0 unspecified atom stereocenters. The molecule has 1 aliphatic rings. The van der Waals surface area contributed by atoms with Crippen molar-refractivity contribution in [2.75, 3.05) is 51.8 Å². The Morgan fingerprint density at radius 2 is 2.00 bits per heavy atom. The van der Waals surface area contributed by atoms with Crippen LogP contribution in [-0.4, -0.2) is 77.5 Å². The van der Waals surface area contributed by atoms with Crippen LogP contribution >= 0.6 is 0 Å². The molecule has 1 fully saturated rings. The average molecular weight is 467 g/mol. The van der Waals surface area contributed by atoms with Gasteiger partial charge in [-0.3, -0.25) is 15.2 Å². The summed E-state index contributed by atoms with van der Waals surface area (Å²) in [7, 11) is 1.49. The number of nitrogens with zero attached hydrogens (tertiary/aromatic N) is 4. The Labute approximate surface area is 198 Å². The molecule has 0 spiro atoms. The van der Waals surface area contributed by atoms with Gasteiger partial charge in [0.2, 0.25) is 0 Å². The Balaban J connectivity index is 1.28. The minimum Gasteiger partial charge on any atom is -0.504 e. The first kappa shape index (κ1) is 23.7. The van der Waals surface area contributed by atoms with Gasteiger partial charge in [-0.1, -0.05) is 6.42 Å². The number of amides is 2. The van der Waals surface area contributed by atoms with Crippen LogP contribution in [0.5, 0.6) is 11.5 Å². The Bertz CT molecular complexity index is 1120. The van der Waals surface area contributed by atoms with Crippen LogP contribution in [0.2, 0.25) is 0 Å². The van der Waals surface area contributed by atoms with Gasteiger partial charge in [-0.2, -0.15) is 0 Å². The van der Waals surface area contributed by atoms with Gasteiger partial charge in [0.15, 0.2) is 17.1 Å². The highest BCUT2D eigenvalue weighted by Gasteiger charge is 2.11. The smallest absolute Gasteiger partial charge is 0.320 e. The number of carbonyl (C=O) groups excluding carboxylic acids is 1. The highest BCUT2D eigenvalue weighted by Crippen LogP contribution is 2.30. The lowest BCUT2D eigenvalue weighted by Crippen LogP contribution is -2.36. The molecule has 0 bridgehead atoms. The second-order valence-electron chi connectivity index (χ2n) is 8.08. The molecule has 1 aromatic carbocycles. The molecule has 34 heavy (non-hydrogen) atoms. The summed E-state index contributed by atoms with van der Waals surface area (Å²) in [6.07, 6.45) is 4.73. The molecule has 2 aromatic heterocycles. The van der Waals surface area contributed by atoms with Crippen LogP contribution in [-0.2, 0) is 4.74 Å². The number of urea groups is 1. The van der Waals surface area contributed by atoms with Crippen LogP contribution in [0.3, 0.4) is 0 Å². The summed E-state index contributed by atoms with van der Waals surface area (Å²) < 4.78 is 10.5. The summed E-state index contributed by atoms with van der Waals surface area (Å²) >= 11 is 0. The number of pyridine rings is 1. The molecule has 3 N–H and O–H groups in total. The van der Waals surface area contributed by atoms with Crippen molar-refractivity contribution in [2.24, 2.45) is 0 Å². The van der Waals surface area contributed by atoms with E-state index in [0.717, 1.165) is 57.7 Å². The van der Waals surface area contributed by atoms with Crippen molar-refractivity contribution in [1.29, 1.82) is 0 Å². The van der Waals surface area contributed by atoms with Gasteiger partial charge in [0.25, 0.3) is 0 Å². The summed E-state index contributed by atoms with van der Waals surface area (Å²) in [6, 6.07) is 8.11. The fourth-order valence-corrected chi connectivity index (χ4v) is 3.77. The van der Waals surface area contributed by atoms with Crippen molar-refractivity contribution in [2.45, 2.75) is 19.3 Å². The van der Waals surface area contributed by atoms with E-state index in [9.17, 15) is 9.90 Å². The summed E-state index contributed by atoms with van der Waals surface area (Å²) in [4.78, 5) is 28.1. The molecule has 3 aromatic rings. The van der Waals surface area contributed by atoms with Crippen molar-refractivity contribution in [3.05, 3.63) is 36.5 Å². The maximum atomic E-state index is 12.3. The van der Waals surface area contributed by atoms with Crippen molar-refractivity contribution in [3.8, 4) is 22.8 Å². The van der Waals surface area contributed by atoms with Gasteiger partial charge in [-0.15, -0.1) is 0 Å². The largest absolute Gasteiger partial charge is 0.504 e. The fraction of sp³-hybridized carbons (Fsp3) is 0.417. The van der Waals surface area contributed by atoms with E-state index in [0.29, 0.717) is 35.0 Å². The number of morpholine rings is 1. The van der Waals surface area contributed by atoms with Crippen LogP contribution in [0.1, 0.15) is 19.3 Å². The van der Waals surface area contributed by atoms with Crippen molar-refractivity contribution in [1.82, 2.24) is 25.2 Å². The van der Waals surface area contributed by atoms with Crippen molar-refractivity contribution in [3.63, 3.8) is 0 Å². The molecule has 1 aliphatic heterocycles. The topological polar surface area (TPSA) is 122 Å². The van der Waals surface area contributed by atoms with E-state index >= 15 is 0 Å². The monoisotopic (exact) mass is 466 g/mol. The number of unbranched alkanes of at least 4 members (excludes halogenated alkanes) is 2. The second-order valence-corrected chi connectivity index (χ2v) is 8.08. The van der Waals surface area contributed by atoms with Gasteiger partial charge in [-0.05, 0) is 49.7 Å². The van der Waals surface area contributed by atoms with Crippen LogP contribution in [0.25, 0.3) is 22.4 Å². The summed E-state index contributed by atoms with van der Waals surface area (Å²) in [6.45, 7) is 5.35. The SMILES string of the molecule is COc1cc(-c2cnc3ccc(NC(=O)NCCCCCN4CCOCC4)nc3n2)ccc1O. The number of phenols is 1. The van der Waals surface area contributed by atoms with E-state index in [-0.39, 0.29) is 11.8 Å². The predicted octanol–water partition coefficient (Wildman–Crippen LogP) is 3.03. The number of fused-ring (bicyclic) bond motifs is 1. The Kier molecular flexibility index (Phi) is 8.05. The number of hydrogen-bond acceptors (Lipinski definition) is 8. The minimum absolute atomic E-state index is 0.0488. The molecule has 10 nitrogen and oxygen atoms in total. The summed E-state index contributed by atoms with van der Waals surface area (Å²) in [5, 5.41) is 15.4. The number of hydrogen-bond donors (Lipinski definition) is 3. The van der Waals surface area contributed by atoms with E-state index in [1.165, 1.54) is 7.11 Å². The number of benzene rings is 1. The average Bonchev–Trinajstić information content (AvgIpc) is 2.86. The molecule has 180 valence electrons. The zero-order valence-corrected chi connectivity index (χ0v) is 19.3. The number of carbonyl (C=O) groups is 1. The fourth-order valence-electron chi connectivity index (χ4n) is 3.77. The number of anilines is 1. The zero-order valence-electron chi connectivity index (χ0n) is 19.3. The summed E-state index contributed by atoms with van der Waals surface area (Å²) in [5.74, 6) is 0.792. The third kappa shape index (κ3) is 6.30. The molecule has 0 radical (unpaired) electrons. The van der Waals surface area contributed by atoms with Gasteiger partial charge in [0.1, 0.15) is 11.3 Å². The number of aromatic nitrogens is 3. The number of ether oxygens (including phenoxy) is 2. The molecule has 3 heterocycles. The van der Waals surface area contributed by atoms with E-state index in [2.05, 4.69) is 30.5 Å². The Morgan fingerprint density at radius 1 is 1.15 bits per heavy atom. The van der Waals surface area contributed by atoms with Gasteiger partial charge in [0.05, 0.1) is 32.2 Å². The molecule has 1 saturated heterocycles. The number of aromatic hydroxyl groups is 1. The number of methoxy groups -OCH3 is 1. The lowest BCUT2D eigenvalue weighted by atomic mass is 10.1. The lowest BCUT2D eigenvalue weighted by molar-refractivity contribution is 0.0371. The lowest BCUT2D eigenvalue weighted by Gasteiger charge is -2.26. The summed E-state index contributed by atoms with van der Waals surface area (Å²) in [5.41, 5.74) is 2.33. The third-order valence-corrected chi connectivity index (χ3v) is 5.66. The molecule has 4 rings (SSSR count). The second kappa shape index (κ2) is 11.6. The van der Waals surface area contributed by atoms with E-state index in [1.54, 1.807) is 36.5 Å². The van der Waals surface area contributed by atoms with E-state index in [1.807, 2.05) is 0 Å². The normalized spacial score (nSPS) is 14.1. The van der Waals surface area contributed by atoms with E-state index < -0.39 is 0 Å². The van der Waals surface area contributed by atoms with Crippen LogP contribution < -0.4 is 15.4 Å². The zero-order chi connectivity index (χ0) is 23.8. The highest BCUT2D eigenvalue weighted by molar-refractivity contribution is 5.89. The first-order valence-electron chi connectivity index (χ1n) is 11.5. The van der Waals surface area contributed by atoms with E-state index in [4.69, 9.17) is 9.47 Å². The number of rotatable bonds is 9. The Hall–Kier alpha value is -3.50. The quantitative estimate of drug-likeness (QED) is 0.412. The predicted molar refractivity (Wildman–Crippen MR) is 129 cm³/mol. The number of phenolic OH excluding ortho intramolecular Hbond substituents is 1. The number of nitrogens with one attached hydrogen (secondary N) is 2.